The molecule has 0 bridgehead atoms. The molecule has 1 heterocycles. The number of carbonyl (C=O) groups is 1. The quantitative estimate of drug-likeness (QED) is 0.736. The van der Waals surface area contributed by atoms with Crippen LogP contribution in [0.1, 0.15) is 52.4 Å². The minimum absolute atomic E-state index is 0.204. The molecule has 92 valence electrons. The smallest absolute Gasteiger partial charge is 0.141 e. The lowest BCUT2D eigenvalue weighted by Gasteiger charge is -2.28. The Hall–Kier alpha value is -0.370. The van der Waals surface area contributed by atoms with Gasteiger partial charge in [-0.05, 0) is 32.1 Å². The third kappa shape index (κ3) is 2.65. The van der Waals surface area contributed by atoms with Crippen LogP contribution < -0.4 is 0 Å². The maximum atomic E-state index is 12.3. The van der Waals surface area contributed by atoms with Crippen LogP contribution >= 0.6 is 0 Å². The fourth-order valence-electron chi connectivity index (χ4n) is 3.27. The highest BCUT2D eigenvalue weighted by Crippen LogP contribution is 2.34. The summed E-state index contributed by atoms with van der Waals surface area (Å²) < 4.78 is 5.51. The molecule has 1 saturated heterocycles. The molecule has 0 radical (unpaired) electrons. The van der Waals surface area contributed by atoms with E-state index in [1.165, 1.54) is 19.3 Å². The average Bonchev–Trinajstić information content (AvgIpc) is 2.75. The van der Waals surface area contributed by atoms with Crippen LogP contribution in [0.2, 0.25) is 0 Å². The highest BCUT2D eigenvalue weighted by molar-refractivity contribution is 5.83. The SMILES string of the molecule is CCC1CCCC(C(=O)C2COC(C)C2)C1. The first-order valence-electron chi connectivity index (χ1n) is 6.86. The lowest BCUT2D eigenvalue weighted by Crippen LogP contribution is -2.28. The van der Waals surface area contributed by atoms with Crippen LogP contribution in [0.5, 0.6) is 0 Å². The zero-order valence-corrected chi connectivity index (χ0v) is 10.6. The minimum atomic E-state index is 0.204. The monoisotopic (exact) mass is 224 g/mol. The van der Waals surface area contributed by atoms with Crippen LogP contribution in [0.25, 0.3) is 0 Å². The summed E-state index contributed by atoms with van der Waals surface area (Å²) in [5.41, 5.74) is 0. The highest BCUT2D eigenvalue weighted by Gasteiger charge is 2.34. The van der Waals surface area contributed by atoms with E-state index in [4.69, 9.17) is 4.74 Å². The van der Waals surface area contributed by atoms with E-state index in [1.807, 2.05) is 0 Å². The Balaban J connectivity index is 1.89. The summed E-state index contributed by atoms with van der Waals surface area (Å²) in [5, 5.41) is 0. The number of ether oxygens (including phenoxy) is 1. The van der Waals surface area contributed by atoms with Crippen molar-refractivity contribution in [2.24, 2.45) is 17.8 Å². The van der Waals surface area contributed by atoms with Gasteiger partial charge in [0, 0.05) is 11.8 Å². The Labute approximate surface area is 98.7 Å². The molecule has 1 saturated carbocycles. The molecular weight excluding hydrogens is 200 g/mol. The van der Waals surface area contributed by atoms with Gasteiger partial charge in [-0.15, -0.1) is 0 Å². The van der Waals surface area contributed by atoms with Gasteiger partial charge in [-0.25, -0.2) is 0 Å². The summed E-state index contributed by atoms with van der Waals surface area (Å²) >= 11 is 0. The summed E-state index contributed by atoms with van der Waals surface area (Å²) in [6.45, 7) is 4.99. The van der Waals surface area contributed by atoms with Crippen molar-refractivity contribution in [3.8, 4) is 0 Å². The first-order valence-corrected chi connectivity index (χ1v) is 6.86. The second kappa shape index (κ2) is 5.31. The molecule has 1 aliphatic carbocycles. The Morgan fingerprint density at radius 1 is 1.25 bits per heavy atom. The van der Waals surface area contributed by atoms with E-state index in [-0.39, 0.29) is 5.92 Å². The maximum absolute atomic E-state index is 12.3. The predicted molar refractivity (Wildman–Crippen MR) is 64.3 cm³/mol. The van der Waals surface area contributed by atoms with Gasteiger partial charge in [-0.3, -0.25) is 4.79 Å². The van der Waals surface area contributed by atoms with Gasteiger partial charge in [0.1, 0.15) is 5.78 Å². The van der Waals surface area contributed by atoms with Gasteiger partial charge < -0.3 is 4.74 Å². The summed E-state index contributed by atoms with van der Waals surface area (Å²) in [6.07, 6.45) is 7.32. The van der Waals surface area contributed by atoms with Crippen molar-refractivity contribution in [2.75, 3.05) is 6.61 Å². The first kappa shape index (κ1) is 12.1. The van der Waals surface area contributed by atoms with E-state index in [0.29, 0.717) is 24.4 Å². The Kier molecular flexibility index (Phi) is 4.01. The lowest BCUT2D eigenvalue weighted by atomic mass is 9.75. The minimum Gasteiger partial charge on any atom is -0.378 e. The van der Waals surface area contributed by atoms with Crippen LogP contribution in [0.4, 0.5) is 0 Å². The van der Waals surface area contributed by atoms with Crippen molar-refractivity contribution >= 4 is 5.78 Å². The molecule has 2 rings (SSSR count). The molecule has 2 nitrogen and oxygen atoms in total. The number of rotatable bonds is 3. The molecule has 1 aliphatic heterocycles. The molecule has 2 fully saturated rings. The molecule has 0 aromatic heterocycles. The van der Waals surface area contributed by atoms with Crippen molar-refractivity contribution in [1.82, 2.24) is 0 Å². The number of carbonyl (C=O) groups excluding carboxylic acids is 1. The first-order chi connectivity index (χ1) is 7.70. The highest BCUT2D eigenvalue weighted by atomic mass is 16.5. The van der Waals surface area contributed by atoms with E-state index in [2.05, 4.69) is 13.8 Å². The molecular formula is C14H24O2. The number of Topliss-reactive ketones (excluding diaryl/α,β-unsaturated/α-hetero) is 1. The largest absolute Gasteiger partial charge is 0.378 e. The van der Waals surface area contributed by atoms with Crippen LogP contribution in [0.15, 0.2) is 0 Å². The van der Waals surface area contributed by atoms with Crippen molar-refractivity contribution < 1.29 is 9.53 Å². The third-order valence-electron chi connectivity index (χ3n) is 4.36. The maximum Gasteiger partial charge on any atom is 0.141 e. The fraction of sp³-hybridized carbons (Fsp3) is 0.929. The summed E-state index contributed by atoms with van der Waals surface area (Å²) in [4.78, 5) is 12.3. The number of hydrogen-bond acceptors (Lipinski definition) is 2. The summed E-state index contributed by atoms with van der Waals surface area (Å²) in [6, 6.07) is 0. The van der Waals surface area contributed by atoms with Gasteiger partial charge in [0.25, 0.3) is 0 Å². The molecule has 4 unspecified atom stereocenters. The van der Waals surface area contributed by atoms with Gasteiger partial charge in [0.05, 0.1) is 12.7 Å². The standard InChI is InChI=1S/C14H24O2/c1-3-11-5-4-6-12(8-11)14(15)13-7-10(2)16-9-13/h10-13H,3-9H2,1-2H3. The Bertz CT molecular complexity index is 249. The van der Waals surface area contributed by atoms with Gasteiger partial charge in [0.2, 0.25) is 0 Å². The zero-order valence-electron chi connectivity index (χ0n) is 10.6. The molecule has 0 aromatic carbocycles. The number of hydrogen-bond donors (Lipinski definition) is 0. The van der Waals surface area contributed by atoms with Gasteiger partial charge in [-0.2, -0.15) is 0 Å². The second-order valence-corrected chi connectivity index (χ2v) is 5.62. The summed E-state index contributed by atoms with van der Waals surface area (Å²) in [5.74, 6) is 1.85. The van der Waals surface area contributed by atoms with Crippen LogP contribution in [0, 0.1) is 17.8 Å². The topological polar surface area (TPSA) is 26.3 Å². The normalized spacial score (nSPS) is 39.9. The molecule has 4 atom stereocenters. The lowest BCUT2D eigenvalue weighted by molar-refractivity contribution is -0.128. The van der Waals surface area contributed by atoms with Crippen molar-refractivity contribution in [3.05, 3.63) is 0 Å². The van der Waals surface area contributed by atoms with Gasteiger partial charge >= 0.3 is 0 Å². The molecule has 0 N–H and O–H groups in total. The Morgan fingerprint density at radius 2 is 2.06 bits per heavy atom. The molecule has 0 aromatic rings. The van der Waals surface area contributed by atoms with Gasteiger partial charge in [0.15, 0.2) is 0 Å². The molecule has 0 amide bonds. The third-order valence-corrected chi connectivity index (χ3v) is 4.36. The van der Waals surface area contributed by atoms with E-state index in [1.54, 1.807) is 0 Å². The predicted octanol–water partition coefficient (Wildman–Crippen LogP) is 3.20. The molecule has 2 heteroatoms. The van der Waals surface area contributed by atoms with Crippen LogP contribution in [-0.2, 0) is 9.53 Å². The molecule has 0 spiro atoms. The van der Waals surface area contributed by atoms with Crippen molar-refractivity contribution in [2.45, 2.75) is 58.5 Å². The number of ketones is 1. The molecule has 16 heavy (non-hydrogen) atoms. The van der Waals surface area contributed by atoms with E-state index < -0.39 is 0 Å². The second-order valence-electron chi connectivity index (χ2n) is 5.62. The van der Waals surface area contributed by atoms with Crippen LogP contribution in [0.3, 0.4) is 0 Å². The molecule has 2 aliphatic rings. The van der Waals surface area contributed by atoms with E-state index in [0.717, 1.165) is 25.2 Å². The van der Waals surface area contributed by atoms with Gasteiger partial charge in [-0.1, -0.05) is 26.2 Å². The fourth-order valence-corrected chi connectivity index (χ4v) is 3.27. The van der Waals surface area contributed by atoms with Crippen LogP contribution in [-0.4, -0.2) is 18.5 Å². The van der Waals surface area contributed by atoms with E-state index >= 15 is 0 Å². The zero-order chi connectivity index (χ0) is 11.5. The van der Waals surface area contributed by atoms with Crippen molar-refractivity contribution in [3.63, 3.8) is 0 Å². The van der Waals surface area contributed by atoms with Crippen molar-refractivity contribution in [1.29, 1.82) is 0 Å². The summed E-state index contributed by atoms with van der Waals surface area (Å²) in [7, 11) is 0. The Morgan fingerprint density at radius 3 is 2.69 bits per heavy atom. The van der Waals surface area contributed by atoms with E-state index in [9.17, 15) is 4.79 Å². The average molecular weight is 224 g/mol.